The molecule has 0 spiro atoms. The van der Waals surface area contributed by atoms with Gasteiger partial charge in [0, 0.05) is 11.6 Å². The van der Waals surface area contributed by atoms with Gasteiger partial charge >= 0.3 is 0 Å². The van der Waals surface area contributed by atoms with Crippen LogP contribution in [0, 0.1) is 0 Å². The van der Waals surface area contributed by atoms with Crippen LogP contribution in [-0.2, 0) is 0 Å². The van der Waals surface area contributed by atoms with Crippen molar-refractivity contribution in [2.24, 2.45) is 5.73 Å². The molecule has 1 aromatic heterocycles. The maximum absolute atomic E-state index is 12.5. The van der Waals surface area contributed by atoms with Crippen LogP contribution in [0.2, 0.25) is 0 Å². The molecule has 1 fully saturated rings. The minimum absolute atomic E-state index is 0.147. The Balaban J connectivity index is 1.43. The van der Waals surface area contributed by atoms with E-state index >= 15 is 0 Å². The number of para-hydroxylation sites is 1. The fourth-order valence-electron chi connectivity index (χ4n) is 3.44. The third-order valence-corrected chi connectivity index (χ3v) is 4.86. The zero-order chi connectivity index (χ0) is 16.5. The van der Waals surface area contributed by atoms with Crippen molar-refractivity contribution in [3.05, 3.63) is 41.7 Å². The van der Waals surface area contributed by atoms with Crippen molar-refractivity contribution in [2.45, 2.75) is 43.8 Å². The number of amides is 1. The fourth-order valence-corrected chi connectivity index (χ4v) is 3.44. The standard InChI is InChI=1S/C17H21N5O2/c18-11-5-7-12(8-6-11)22-9-14(20-21-22)17(23)19-15-10-24-16-4-2-1-3-13(15)16/h1-4,9,11-12,15H,5-8,10,18H2,(H,19,23)/t11?,12?,15-/m1/s1. The van der Waals surface area contributed by atoms with Crippen molar-refractivity contribution < 1.29 is 9.53 Å². The summed E-state index contributed by atoms with van der Waals surface area (Å²) in [6.45, 7) is 0.444. The van der Waals surface area contributed by atoms with E-state index in [9.17, 15) is 4.79 Å². The lowest BCUT2D eigenvalue weighted by Gasteiger charge is -2.25. The molecule has 0 unspecified atom stereocenters. The van der Waals surface area contributed by atoms with Crippen LogP contribution in [0.1, 0.15) is 53.8 Å². The van der Waals surface area contributed by atoms with Gasteiger partial charge in [0.15, 0.2) is 5.69 Å². The molecular weight excluding hydrogens is 306 g/mol. The number of nitrogens with one attached hydrogen (secondary N) is 1. The Bertz CT molecular complexity index is 736. The number of benzene rings is 1. The minimum Gasteiger partial charge on any atom is -0.491 e. The first-order valence-corrected chi connectivity index (χ1v) is 8.40. The molecule has 3 N–H and O–H groups in total. The summed E-state index contributed by atoms with van der Waals surface area (Å²) >= 11 is 0. The summed E-state index contributed by atoms with van der Waals surface area (Å²) in [5, 5.41) is 11.2. The zero-order valence-corrected chi connectivity index (χ0v) is 13.4. The molecule has 2 aromatic rings. The molecule has 2 heterocycles. The summed E-state index contributed by atoms with van der Waals surface area (Å²) in [4.78, 5) is 12.5. The van der Waals surface area contributed by atoms with Crippen LogP contribution in [0.25, 0.3) is 0 Å². The van der Waals surface area contributed by atoms with Crippen molar-refractivity contribution in [1.82, 2.24) is 20.3 Å². The number of hydrogen-bond acceptors (Lipinski definition) is 5. The zero-order valence-electron chi connectivity index (χ0n) is 13.4. The number of nitrogens with zero attached hydrogens (tertiary/aromatic N) is 3. The van der Waals surface area contributed by atoms with Gasteiger partial charge in [-0.2, -0.15) is 0 Å². The summed E-state index contributed by atoms with van der Waals surface area (Å²) in [6.07, 6.45) is 5.67. The first kappa shape index (κ1) is 15.1. The van der Waals surface area contributed by atoms with Crippen molar-refractivity contribution in [1.29, 1.82) is 0 Å². The van der Waals surface area contributed by atoms with Gasteiger partial charge in [-0.1, -0.05) is 23.4 Å². The monoisotopic (exact) mass is 327 g/mol. The molecule has 24 heavy (non-hydrogen) atoms. The van der Waals surface area contributed by atoms with Crippen molar-refractivity contribution in [2.75, 3.05) is 6.61 Å². The molecule has 0 radical (unpaired) electrons. The Morgan fingerprint density at radius 3 is 2.88 bits per heavy atom. The van der Waals surface area contributed by atoms with Crippen LogP contribution in [0.4, 0.5) is 0 Å². The number of carbonyl (C=O) groups is 1. The van der Waals surface area contributed by atoms with E-state index in [1.807, 2.05) is 24.3 Å². The summed E-state index contributed by atoms with van der Waals surface area (Å²) in [5.41, 5.74) is 7.28. The van der Waals surface area contributed by atoms with Gasteiger partial charge in [-0.3, -0.25) is 4.79 Å². The van der Waals surface area contributed by atoms with Gasteiger partial charge in [-0.05, 0) is 31.7 Å². The van der Waals surface area contributed by atoms with Crippen LogP contribution in [0.3, 0.4) is 0 Å². The van der Waals surface area contributed by atoms with Gasteiger partial charge in [0.05, 0.1) is 18.3 Å². The molecule has 1 amide bonds. The lowest BCUT2D eigenvalue weighted by atomic mass is 9.92. The molecule has 2 aliphatic rings. The average Bonchev–Trinajstić information content (AvgIpc) is 3.23. The van der Waals surface area contributed by atoms with Gasteiger partial charge < -0.3 is 15.8 Å². The van der Waals surface area contributed by atoms with E-state index in [0.717, 1.165) is 37.0 Å². The smallest absolute Gasteiger partial charge is 0.274 e. The molecule has 7 nitrogen and oxygen atoms in total. The van der Waals surface area contributed by atoms with Gasteiger partial charge in [-0.25, -0.2) is 4.68 Å². The molecule has 1 saturated carbocycles. The van der Waals surface area contributed by atoms with E-state index in [2.05, 4.69) is 15.6 Å². The van der Waals surface area contributed by atoms with Crippen LogP contribution in [0.15, 0.2) is 30.5 Å². The van der Waals surface area contributed by atoms with E-state index in [0.29, 0.717) is 12.3 Å². The van der Waals surface area contributed by atoms with Crippen molar-refractivity contribution >= 4 is 5.91 Å². The number of ether oxygens (including phenoxy) is 1. The van der Waals surface area contributed by atoms with Crippen LogP contribution in [0.5, 0.6) is 5.75 Å². The maximum Gasteiger partial charge on any atom is 0.274 e. The first-order chi connectivity index (χ1) is 11.7. The summed E-state index contributed by atoms with van der Waals surface area (Å²) in [6, 6.07) is 8.17. The predicted molar refractivity (Wildman–Crippen MR) is 87.6 cm³/mol. The van der Waals surface area contributed by atoms with E-state index in [4.69, 9.17) is 10.5 Å². The summed E-state index contributed by atoms with van der Waals surface area (Å²) in [5.74, 6) is 0.601. The Morgan fingerprint density at radius 2 is 2.04 bits per heavy atom. The van der Waals surface area contributed by atoms with Crippen molar-refractivity contribution in [3.63, 3.8) is 0 Å². The highest BCUT2D eigenvalue weighted by Crippen LogP contribution is 2.32. The molecule has 0 bridgehead atoms. The molecular formula is C17H21N5O2. The largest absolute Gasteiger partial charge is 0.491 e. The molecule has 126 valence electrons. The molecule has 1 aliphatic carbocycles. The highest BCUT2D eigenvalue weighted by atomic mass is 16.5. The van der Waals surface area contributed by atoms with E-state index in [-0.39, 0.29) is 24.0 Å². The molecule has 1 aromatic carbocycles. The van der Waals surface area contributed by atoms with E-state index in [1.165, 1.54) is 0 Å². The number of carbonyl (C=O) groups excluding carboxylic acids is 1. The van der Waals surface area contributed by atoms with E-state index in [1.54, 1.807) is 10.9 Å². The Kier molecular flexibility index (Phi) is 3.93. The lowest BCUT2D eigenvalue weighted by Crippen LogP contribution is -2.29. The van der Waals surface area contributed by atoms with E-state index < -0.39 is 0 Å². The number of aromatic nitrogens is 3. The molecule has 4 rings (SSSR count). The lowest BCUT2D eigenvalue weighted by molar-refractivity contribution is 0.0925. The normalized spacial score (nSPS) is 25.8. The maximum atomic E-state index is 12.5. The second-order valence-electron chi connectivity index (χ2n) is 6.53. The average molecular weight is 327 g/mol. The van der Waals surface area contributed by atoms with Crippen LogP contribution in [-0.4, -0.2) is 33.5 Å². The number of fused-ring (bicyclic) bond motifs is 1. The molecule has 1 aliphatic heterocycles. The van der Waals surface area contributed by atoms with Crippen LogP contribution >= 0.6 is 0 Å². The van der Waals surface area contributed by atoms with Gasteiger partial charge in [0.2, 0.25) is 0 Å². The molecule has 0 saturated heterocycles. The van der Waals surface area contributed by atoms with Crippen molar-refractivity contribution in [3.8, 4) is 5.75 Å². The first-order valence-electron chi connectivity index (χ1n) is 8.40. The third-order valence-electron chi connectivity index (χ3n) is 4.86. The Labute approximate surface area is 140 Å². The second-order valence-corrected chi connectivity index (χ2v) is 6.53. The minimum atomic E-state index is -0.223. The van der Waals surface area contributed by atoms with Gasteiger partial charge in [0.1, 0.15) is 12.4 Å². The summed E-state index contributed by atoms with van der Waals surface area (Å²) < 4.78 is 7.40. The van der Waals surface area contributed by atoms with Gasteiger partial charge in [0.25, 0.3) is 5.91 Å². The summed E-state index contributed by atoms with van der Waals surface area (Å²) in [7, 11) is 0. The Hall–Kier alpha value is -2.41. The molecule has 7 heteroatoms. The quantitative estimate of drug-likeness (QED) is 0.892. The number of hydrogen-bond donors (Lipinski definition) is 2. The second kappa shape index (κ2) is 6.24. The fraction of sp³-hybridized carbons (Fsp3) is 0.471. The third kappa shape index (κ3) is 2.87. The predicted octanol–water partition coefficient (Wildman–Crippen LogP) is 1.58. The number of nitrogens with two attached hydrogens (primary N) is 1. The highest BCUT2D eigenvalue weighted by molar-refractivity contribution is 5.92. The number of rotatable bonds is 3. The van der Waals surface area contributed by atoms with Crippen LogP contribution < -0.4 is 15.8 Å². The Morgan fingerprint density at radius 1 is 1.25 bits per heavy atom. The molecule has 1 atom stereocenters. The highest BCUT2D eigenvalue weighted by Gasteiger charge is 2.27. The SMILES string of the molecule is NC1CCC(n2cc(C(=O)N[C@@H]3COc4ccccc43)nn2)CC1. The van der Waals surface area contributed by atoms with Gasteiger partial charge in [-0.15, -0.1) is 5.10 Å². The topological polar surface area (TPSA) is 95.1 Å².